The lowest BCUT2D eigenvalue weighted by molar-refractivity contribution is -0.383. The second kappa shape index (κ2) is 6.84. The van der Waals surface area contributed by atoms with Crippen LogP contribution in [-0.2, 0) is 9.84 Å². The van der Waals surface area contributed by atoms with Crippen LogP contribution >= 0.6 is 22.9 Å². The van der Waals surface area contributed by atoms with Gasteiger partial charge in [-0.3, -0.25) is 10.1 Å². The van der Waals surface area contributed by atoms with Gasteiger partial charge in [0, 0.05) is 50.0 Å². The molecule has 0 N–H and O–H groups in total. The van der Waals surface area contributed by atoms with Gasteiger partial charge >= 0.3 is 5.69 Å². The quantitative estimate of drug-likeness (QED) is 0.563. The van der Waals surface area contributed by atoms with Crippen LogP contribution in [0, 0.1) is 17.0 Å². The second-order valence-corrected chi connectivity index (χ2v) is 9.74. The Hall–Kier alpha value is -1.79. The lowest BCUT2D eigenvalue weighted by atomic mass is 10.4. The summed E-state index contributed by atoms with van der Waals surface area (Å²) in [6.07, 6.45) is 1.86. The predicted octanol–water partition coefficient (Wildman–Crippen LogP) is 1.94. The second-order valence-electron chi connectivity index (χ2n) is 5.74. The highest BCUT2D eigenvalue weighted by molar-refractivity contribution is 7.92. The highest BCUT2D eigenvalue weighted by Gasteiger charge is 2.29. The summed E-state index contributed by atoms with van der Waals surface area (Å²) in [5.74, 6) is 0.729. The summed E-state index contributed by atoms with van der Waals surface area (Å²) in [6, 6.07) is 1.16. The molecule has 0 unspecified atom stereocenters. The van der Waals surface area contributed by atoms with Crippen LogP contribution in [0.15, 0.2) is 10.3 Å². The van der Waals surface area contributed by atoms with Crippen LogP contribution in [0.2, 0.25) is 0 Å². The van der Waals surface area contributed by atoms with E-state index in [9.17, 15) is 18.5 Å². The molecular formula is C13H17N5O4S3. The van der Waals surface area contributed by atoms with Crippen molar-refractivity contribution in [3.63, 3.8) is 0 Å². The Bertz CT molecular complexity index is 891. The molecule has 0 atom stereocenters. The minimum Gasteiger partial charge on any atom is -0.356 e. The highest BCUT2D eigenvalue weighted by Crippen LogP contribution is 2.40. The smallest absolute Gasteiger partial charge is 0.305 e. The Morgan fingerprint density at radius 1 is 1.24 bits per heavy atom. The van der Waals surface area contributed by atoms with Crippen molar-refractivity contribution in [1.82, 2.24) is 9.36 Å². The first-order valence-electron chi connectivity index (χ1n) is 7.54. The Balaban J connectivity index is 1.85. The fraction of sp³-hybridized carbons (Fsp3) is 0.538. The predicted molar refractivity (Wildman–Crippen MR) is 97.8 cm³/mol. The van der Waals surface area contributed by atoms with Gasteiger partial charge in [-0.05, 0) is 13.3 Å². The molecule has 25 heavy (non-hydrogen) atoms. The Kier molecular flexibility index (Phi) is 4.93. The third-order valence-corrected chi connectivity index (χ3v) is 7.66. The molecule has 2 aromatic rings. The van der Waals surface area contributed by atoms with E-state index < -0.39 is 14.8 Å². The van der Waals surface area contributed by atoms with Crippen molar-refractivity contribution in [2.24, 2.45) is 0 Å². The summed E-state index contributed by atoms with van der Waals surface area (Å²) in [5.41, 5.74) is -0.148. The third kappa shape index (κ3) is 3.90. The summed E-state index contributed by atoms with van der Waals surface area (Å²) >= 11 is 2.30. The topological polar surface area (TPSA) is 110 Å². The fourth-order valence-electron chi connectivity index (χ4n) is 2.62. The van der Waals surface area contributed by atoms with E-state index in [2.05, 4.69) is 14.3 Å². The molecule has 1 aliphatic heterocycles. The van der Waals surface area contributed by atoms with E-state index in [1.54, 1.807) is 0 Å². The first kappa shape index (κ1) is 18.0. The molecule has 9 nitrogen and oxygen atoms in total. The van der Waals surface area contributed by atoms with Crippen LogP contribution in [0.1, 0.15) is 12.2 Å². The van der Waals surface area contributed by atoms with Crippen molar-refractivity contribution in [3.8, 4) is 0 Å². The summed E-state index contributed by atoms with van der Waals surface area (Å²) in [4.78, 5) is 19.2. The molecule has 12 heteroatoms. The maximum atomic E-state index is 11.8. The number of aryl methyl sites for hydroxylation is 1. The molecule has 1 aliphatic rings. The molecule has 1 saturated heterocycles. The monoisotopic (exact) mass is 403 g/mol. The number of nitro groups is 1. The maximum absolute atomic E-state index is 11.8. The molecule has 2 aromatic heterocycles. The molecule has 3 heterocycles. The van der Waals surface area contributed by atoms with Gasteiger partial charge in [-0.25, -0.2) is 13.4 Å². The summed E-state index contributed by atoms with van der Waals surface area (Å²) in [7, 11) is -3.48. The zero-order chi connectivity index (χ0) is 18.2. The van der Waals surface area contributed by atoms with Crippen molar-refractivity contribution in [1.29, 1.82) is 0 Å². The SMILES string of the molecule is Cc1nsc(N2CCCN(c3sc(S(C)(=O)=O)cc3[N+](=O)[O-])CC2)n1. The number of hydrogen-bond donors (Lipinski definition) is 0. The van der Waals surface area contributed by atoms with Crippen LogP contribution in [0.25, 0.3) is 0 Å². The average molecular weight is 404 g/mol. The summed E-state index contributed by atoms with van der Waals surface area (Å²) in [6.45, 7) is 4.45. The van der Waals surface area contributed by atoms with E-state index in [0.717, 1.165) is 47.6 Å². The molecule has 0 aromatic carbocycles. The first-order valence-corrected chi connectivity index (χ1v) is 11.0. The normalized spacial score (nSPS) is 16.1. The van der Waals surface area contributed by atoms with Crippen molar-refractivity contribution >= 4 is 48.5 Å². The summed E-state index contributed by atoms with van der Waals surface area (Å²) in [5, 5.41) is 12.6. The van der Waals surface area contributed by atoms with Gasteiger partial charge in [0.2, 0.25) is 5.13 Å². The van der Waals surface area contributed by atoms with Gasteiger partial charge < -0.3 is 9.80 Å². The molecule has 0 amide bonds. The molecule has 1 fully saturated rings. The number of rotatable bonds is 4. The largest absolute Gasteiger partial charge is 0.356 e. The van der Waals surface area contributed by atoms with E-state index in [1.165, 1.54) is 11.5 Å². The number of aromatic nitrogens is 2. The van der Waals surface area contributed by atoms with Crippen molar-refractivity contribution < 1.29 is 13.3 Å². The Morgan fingerprint density at radius 2 is 1.92 bits per heavy atom. The van der Waals surface area contributed by atoms with Gasteiger partial charge in [0.15, 0.2) is 14.8 Å². The molecule has 0 aliphatic carbocycles. The molecule has 136 valence electrons. The molecule has 0 bridgehead atoms. The van der Waals surface area contributed by atoms with Crippen molar-refractivity contribution in [2.75, 3.05) is 42.2 Å². The number of hydrogen-bond acceptors (Lipinski definition) is 10. The lowest BCUT2D eigenvalue weighted by Crippen LogP contribution is -2.30. The van der Waals surface area contributed by atoms with Crippen LogP contribution in [0.4, 0.5) is 15.8 Å². The van der Waals surface area contributed by atoms with Crippen LogP contribution in [0.5, 0.6) is 0 Å². The number of thiophene rings is 1. The highest BCUT2D eigenvalue weighted by atomic mass is 32.2. The van der Waals surface area contributed by atoms with E-state index in [4.69, 9.17) is 0 Å². The van der Waals surface area contributed by atoms with Gasteiger partial charge in [0.25, 0.3) is 0 Å². The van der Waals surface area contributed by atoms with Gasteiger partial charge in [0.05, 0.1) is 4.92 Å². The zero-order valence-electron chi connectivity index (χ0n) is 13.7. The van der Waals surface area contributed by atoms with Gasteiger partial charge in [-0.15, -0.1) is 0 Å². The zero-order valence-corrected chi connectivity index (χ0v) is 16.2. The molecule has 0 saturated carbocycles. The van der Waals surface area contributed by atoms with Gasteiger partial charge in [-0.1, -0.05) is 11.3 Å². The standard InChI is InChI=1S/C13H17N5O4S3/c1-9-14-13(24-15-9)17-5-3-4-16(6-7-17)12-10(18(19)20)8-11(23-12)25(2,21)22/h8H,3-7H2,1-2H3. The van der Waals surface area contributed by atoms with Crippen LogP contribution in [0.3, 0.4) is 0 Å². The molecular weight excluding hydrogens is 386 g/mol. The molecule has 0 radical (unpaired) electrons. The molecule has 0 spiro atoms. The lowest BCUT2D eigenvalue weighted by Gasteiger charge is -2.21. The average Bonchev–Trinajstić information content (AvgIpc) is 3.08. The van der Waals surface area contributed by atoms with Gasteiger partial charge in [0.1, 0.15) is 10.0 Å². The Labute approximate surface area is 153 Å². The van der Waals surface area contributed by atoms with E-state index in [1.807, 2.05) is 11.8 Å². The maximum Gasteiger partial charge on any atom is 0.305 e. The third-order valence-electron chi connectivity index (χ3n) is 3.80. The number of anilines is 2. The number of sulfone groups is 1. The minimum atomic E-state index is -3.48. The van der Waals surface area contributed by atoms with Crippen molar-refractivity contribution in [2.45, 2.75) is 17.6 Å². The first-order chi connectivity index (χ1) is 11.8. The Morgan fingerprint density at radius 3 is 2.52 bits per heavy atom. The van der Waals surface area contributed by atoms with Crippen LogP contribution in [-0.4, -0.2) is 55.1 Å². The van der Waals surface area contributed by atoms with Crippen LogP contribution < -0.4 is 9.80 Å². The summed E-state index contributed by atoms with van der Waals surface area (Å²) < 4.78 is 27.7. The van der Waals surface area contributed by atoms with E-state index >= 15 is 0 Å². The van der Waals surface area contributed by atoms with E-state index in [-0.39, 0.29) is 9.90 Å². The van der Waals surface area contributed by atoms with Gasteiger partial charge in [-0.2, -0.15) is 4.37 Å². The van der Waals surface area contributed by atoms with Crippen molar-refractivity contribution in [3.05, 3.63) is 22.0 Å². The fourth-order valence-corrected chi connectivity index (χ4v) is 5.42. The molecule has 3 rings (SSSR count). The minimum absolute atomic E-state index is 0.0232. The van der Waals surface area contributed by atoms with E-state index in [0.29, 0.717) is 24.6 Å². The number of nitrogens with zero attached hydrogens (tertiary/aromatic N) is 5.